The number of rotatable bonds is 4. The van der Waals surface area contributed by atoms with Crippen LogP contribution < -0.4 is 10.1 Å². The van der Waals surface area contributed by atoms with Gasteiger partial charge in [0, 0.05) is 29.6 Å². The fourth-order valence-electron chi connectivity index (χ4n) is 1.72. The van der Waals surface area contributed by atoms with Crippen molar-refractivity contribution < 1.29 is 27.1 Å². The van der Waals surface area contributed by atoms with Gasteiger partial charge in [-0.1, -0.05) is 0 Å². The zero-order valence-corrected chi connectivity index (χ0v) is 11.8. The van der Waals surface area contributed by atoms with Crippen molar-refractivity contribution in [1.82, 2.24) is 15.3 Å². The molecule has 5 nitrogen and oxygen atoms in total. The first-order valence-corrected chi connectivity index (χ1v) is 6.35. The van der Waals surface area contributed by atoms with E-state index in [2.05, 4.69) is 20.0 Å². The normalized spacial score (nSPS) is 11.2. The summed E-state index contributed by atoms with van der Waals surface area (Å²) in [6.45, 7) is 1.83. The van der Waals surface area contributed by atoms with Crippen LogP contribution in [0.25, 0.3) is 0 Å². The van der Waals surface area contributed by atoms with Crippen molar-refractivity contribution in [3.05, 3.63) is 53.4 Å². The first kappa shape index (κ1) is 16.7. The van der Waals surface area contributed by atoms with Crippen molar-refractivity contribution in [3.8, 4) is 5.75 Å². The van der Waals surface area contributed by atoms with Gasteiger partial charge < -0.3 is 10.1 Å². The number of hydrogen-bond donors (Lipinski definition) is 1. The summed E-state index contributed by atoms with van der Waals surface area (Å²) < 4.78 is 53.2. The Bertz CT molecular complexity index is 719. The predicted molar refractivity (Wildman–Crippen MR) is 71.0 cm³/mol. The second kappa shape index (κ2) is 6.59. The summed E-state index contributed by atoms with van der Waals surface area (Å²) in [4.78, 5) is 19.7. The molecule has 2 rings (SSSR count). The van der Waals surface area contributed by atoms with Gasteiger partial charge in [-0.15, -0.1) is 13.2 Å². The largest absolute Gasteiger partial charge is 0.573 e. The van der Waals surface area contributed by atoms with E-state index in [0.717, 1.165) is 12.1 Å². The lowest BCUT2D eigenvalue weighted by atomic mass is 10.2. The van der Waals surface area contributed by atoms with Gasteiger partial charge >= 0.3 is 6.36 Å². The standard InChI is InChI=1S/C14H11F4N3O2/c1-8-10(5-19-7-21-8)6-20-13(22)9-2-3-12(11(15)4-9)23-14(16,17)18/h2-5,7H,6H2,1H3,(H,20,22). The summed E-state index contributed by atoms with van der Waals surface area (Å²) in [5.74, 6) is -2.93. The van der Waals surface area contributed by atoms with Gasteiger partial charge in [-0.25, -0.2) is 14.4 Å². The summed E-state index contributed by atoms with van der Waals surface area (Å²) in [5.41, 5.74) is 1.20. The van der Waals surface area contributed by atoms with Crippen LogP contribution in [-0.4, -0.2) is 22.2 Å². The molecule has 0 fully saturated rings. The molecule has 0 aliphatic heterocycles. The van der Waals surface area contributed by atoms with Gasteiger partial charge in [0.15, 0.2) is 11.6 Å². The molecule has 122 valence electrons. The number of carbonyl (C=O) groups excluding carboxylic acids is 1. The minimum absolute atomic E-state index is 0.105. The third-order valence-corrected chi connectivity index (χ3v) is 2.87. The maximum Gasteiger partial charge on any atom is 0.573 e. The van der Waals surface area contributed by atoms with E-state index in [4.69, 9.17) is 0 Å². The van der Waals surface area contributed by atoms with Crippen LogP contribution in [0.15, 0.2) is 30.7 Å². The van der Waals surface area contributed by atoms with E-state index in [1.165, 1.54) is 12.5 Å². The SMILES string of the molecule is Cc1ncncc1CNC(=O)c1ccc(OC(F)(F)F)c(F)c1. The average molecular weight is 329 g/mol. The average Bonchev–Trinajstić information content (AvgIpc) is 2.47. The van der Waals surface area contributed by atoms with Crippen LogP contribution >= 0.6 is 0 Å². The number of amides is 1. The summed E-state index contributed by atoms with van der Waals surface area (Å²) >= 11 is 0. The van der Waals surface area contributed by atoms with Crippen LogP contribution in [-0.2, 0) is 6.54 Å². The number of nitrogens with zero attached hydrogens (tertiary/aromatic N) is 2. The Morgan fingerprint density at radius 1 is 1.35 bits per heavy atom. The van der Waals surface area contributed by atoms with E-state index >= 15 is 0 Å². The third kappa shape index (κ3) is 4.63. The van der Waals surface area contributed by atoms with Crippen molar-refractivity contribution in [2.75, 3.05) is 0 Å². The smallest absolute Gasteiger partial charge is 0.403 e. The molecule has 0 aliphatic carbocycles. The van der Waals surface area contributed by atoms with Crippen molar-refractivity contribution in [2.45, 2.75) is 19.8 Å². The highest BCUT2D eigenvalue weighted by molar-refractivity contribution is 5.94. The van der Waals surface area contributed by atoms with Crippen LogP contribution in [0.3, 0.4) is 0 Å². The number of aromatic nitrogens is 2. The number of alkyl halides is 3. The topological polar surface area (TPSA) is 64.1 Å². The van der Waals surface area contributed by atoms with E-state index in [1.807, 2.05) is 0 Å². The van der Waals surface area contributed by atoms with Crippen LogP contribution in [0.4, 0.5) is 17.6 Å². The monoisotopic (exact) mass is 329 g/mol. The lowest BCUT2D eigenvalue weighted by Gasteiger charge is -2.11. The molecule has 1 heterocycles. The molecule has 1 amide bonds. The Hall–Kier alpha value is -2.71. The van der Waals surface area contributed by atoms with E-state index in [0.29, 0.717) is 17.3 Å². The maximum absolute atomic E-state index is 13.5. The molecule has 1 aromatic carbocycles. The Morgan fingerprint density at radius 3 is 2.70 bits per heavy atom. The number of halogens is 4. The van der Waals surface area contributed by atoms with E-state index in [9.17, 15) is 22.4 Å². The summed E-state index contributed by atoms with van der Waals surface area (Å²) in [6, 6.07) is 2.45. The minimum Gasteiger partial charge on any atom is -0.403 e. The lowest BCUT2D eigenvalue weighted by molar-refractivity contribution is -0.275. The van der Waals surface area contributed by atoms with Gasteiger partial charge in [-0.3, -0.25) is 4.79 Å². The van der Waals surface area contributed by atoms with Gasteiger partial charge in [-0.05, 0) is 25.1 Å². The van der Waals surface area contributed by atoms with Gasteiger partial charge in [0.1, 0.15) is 6.33 Å². The first-order chi connectivity index (χ1) is 10.8. The molecule has 0 spiro atoms. The van der Waals surface area contributed by atoms with E-state index in [1.54, 1.807) is 6.92 Å². The van der Waals surface area contributed by atoms with Crippen LogP contribution in [0.5, 0.6) is 5.75 Å². The highest BCUT2D eigenvalue weighted by Gasteiger charge is 2.32. The highest BCUT2D eigenvalue weighted by atomic mass is 19.4. The van der Waals surface area contributed by atoms with Crippen molar-refractivity contribution >= 4 is 5.91 Å². The number of aryl methyl sites for hydroxylation is 1. The second-order valence-corrected chi connectivity index (χ2v) is 4.51. The number of benzene rings is 1. The number of nitrogens with one attached hydrogen (secondary N) is 1. The van der Waals surface area contributed by atoms with Crippen molar-refractivity contribution in [2.24, 2.45) is 0 Å². The number of carbonyl (C=O) groups is 1. The molecule has 0 aliphatic rings. The molecule has 23 heavy (non-hydrogen) atoms. The Labute approximate surface area is 128 Å². The van der Waals surface area contributed by atoms with Gasteiger partial charge in [-0.2, -0.15) is 0 Å². The Morgan fingerprint density at radius 2 is 2.09 bits per heavy atom. The molecular weight excluding hydrogens is 318 g/mol. The van der Waals surface area contributed by atoms with E-state index < -0.39 is 23.8 Å². The fourth-order valence-corrected chi connectivity index (χ4v) is 1.72. The second-order valence-electron chi connectivity index (χ2n) is 4.51. The van der Waals surface area contributed by atoms with Crippen LogP contribution in [0.2, 0.25) is 0 Å². The molecule has 1 aromatic heterocycles. The Kier molecular flexibility index (Phi) is 4.77. The third-order valence-electron chi connectivity index (χ3n) is 2.87. The lowest BCUT2D eigenvalue weighted by Crippen LogP contribution is -2.24. The molecule has 0 saturated carbocycles. The fraction of sp³-hybridized carbons (Fsp3) is 0.214. The molecule has 0 bridgehead atoms. The van der Waals surface area contributed by atoms with Crippen LogP contribution in [0, 0.1) is 12.7 Å². The number of hydrogen-bond acceptors (Lipinski definition) is 4. The summed E-state index contributed by atoms with van der Waals surface area (Å²) in [6.07, 6.45) is -2.13. The molecular formula is C14H11F4N3O2. The minimum atomic E-state index is -5.00. The molecule has 9 heteroatoms. The molecule has 1 N–H and O–H groups in total. The number of ether oxygens (including phenoxy) is 1. The first-order valence-electron chi connectivity index (χ1n) is 6.35. The maximum atomic E-state index is 13.5. The summed E-state index contributed by atoms with van der Waals surface area (Å²) in [5, 5.41) is 2.50. The van der Waals surface area contributed by atoms with Crippen molar-refractivity contribution in [1.29, 1.82) is 0 Å². The molecule has 0 radical (unpaired) electrons. The van der Waals surface area contributed by atoms with Crippen LogP contribution in [0.1, 0.15) is 21.6 Å². The molecule has 0 atom stereocenters. The van der Waals surface area contributed by atoms with Gasteiger partial charge in [0.05, 0.1) is 0 Å². The van der Waals surface area contributed by atoms with Gasteiger partial charge in [0.2, 0.25) is 0 Å². The molecule has 0 unspecified atom stereocenters. The Balaban J connectivity index is 2.05. The molecule has 0 saturated heterocycles. The highest BCUT2D eigenvalue weighted by Crippen LogP contribution is 2.26. The zero-order valence-electron chi connectivity index (χ0n) is 11.8. The van der Waals surface area contributed by atoms with Gasteiger partial charge in [0.25, 0.3) is 5.91 Å². The van der Waals surface area contributed by atoms with Crippen molar-refractivity contribution in [3.63, 3.8) is 0 Å². The molecule has 2 aromatic rings. The summed E-state index contributed by atoms with van der Waals surface area (Å²) in [7, 11) is 0. The predicted octanol–water partition coefficient (Wildman–Crippen LogP) is 2.75. The zero-order chi connectivity index (χ0) is 17.0. The quantitative estimate of drug-likeness (QED) is 0.876. The van der Waals surface area contributed by atoms with E-state index in [-0.39, 0.29) is 12.1 Å².